The predicted octanol–water partition coefficient (Wildman–Crippen LogP) is 0.625. The number of nitrogens with zero attached hydrogens (tertiary/aromatic N) is 1. The summed E-state index contributed by atoms with van der Waals surface area (Å²) in [5, 5.41) is 0. The van der Waals surface area contributed by atoms with Gasteiger partial charge >= 0.3 is 0 Å². The summed E-state index contributed by atoms with van der Waals surface area (Å²) < 4.78 is 10.1. The van der Waals surface area contributed by atoms with Gasteiger partial charge in [-0.2, -0.15) is 0 Å². The van der Waals surface area contributed by atoms with Crippen LogP contribution >= 0.6 is 0 Å². The molecule has 1 saturated heterocycles. The number of carbonyl (C=O) groups is 1. The molecular formula is C13H26N2O3. The summed E-state index contributed by atoms with van der Waals surface area (Å²) in [5.41, 5.74) is 5.91. The van der Waals surface area contributed by atoms with Gasteiger partial charge in [-0.25, -0.2) is 0 Å². The van der Waals surface area contributed by atoms with Crippen LogP contribution < -0.4 is 5.73 Å². The fourth-order valence-corrected chi connectivity index (χ4v) is 2.36. The van der Waals surface area contributed by atoms with Gasteiger partial charge in [0.15, 0.2) is 0 Å². The van der Waals surface area contributed by atoms with Crippen LogP contribution in [-0.2, 0) is 14.3 Å². The Bertz CT molecular complexity index is 240. The predicted molar refractivity (Wildman–Crippen MR) is 70.3 cm³/mol. The molecule has 1 unspecified atom stereocenters. The minimum atomic E-state index is -0.376. The molecule has 5 nitrogen and oxygen atoms in total. The summed E-state index contributed by atoms with van der Waals surface area (Å²) in [5.74, 6) is 0.672. The molecule has 0 aromatic carbocycles. The molecule has 0 aromatic rings. The number of nitrogens with two attached hydrogens (primary N) is 1. The van der Waals surface area contributed by atoms with Gasteiger partial charge in [0.2, 0.25) is 5.91 Å². The fourth-order valence-electron chi connectivity index (χ4n) is 2.36. The molecule has 18 heavy (non-hydrogen) atoms. The van der Waals surface area contributed by atoms with E-state index in [0.717, 1.165) is 39.0 Å². The number of methoxy groups -OCH3 is 2. The van der Waals surface area contributed by atoms with Crippen LogP contribution in [0, 0.1) is 5.92 Å². The van der Waals surface area contributed by atoms with Gasteiger partial charge in [-0.3, -0.25) is 4.79 Å². The summed E-state index contributed by atoms with van der Waals surface area (Å²) in [6.07, 6.45) is 3.57. The van der Waals surface area contributed by atoms with Crippen LogP contribution in [0.4, 0.5) is 0 Å². The average Bonchev–Trinajstić information content (AvgIpc) is 2.39. The lowest BCUT2D eigenvalue weighted by Gasteiger charge is -2.33. The van der Waals surface area contributed by atoms with Crippen molar-refractivity contribution in [2.45, 2.75) is 31.7 Å². The van der Waals surface area contributed by atoms with Crippen molar-refractivity contribution in [3.8, 4) is 0 Å². The highest BCUT2D eigenvalue weighted by atomic mass is 16.5. The number of hydrogen-bond acceptors (Lipinski definition) is 4. The first-order chi connectivity index (χ1) is 8.69. The van der Waals surface area contributed by atoms with Crippen molar-refractivity contribution in [1.29, 1.82) is 0 Å². The van der Waals surface area contributed by atoms with Crippen LogP contribution in [0.3, 0.4) is 0 Å². The number of rotatable bonds is 7. The molecule has 0 spiro atoms. The molecule has 1 heterocycles. The molecule has 1 amide bonds. The third kappa shape index (κ3) is 4.92. The first-order valence-electron chi connectivity index (χ1n) is 6.71. The molecule has 0 aliphatic carbocycles. The van der Waals surface area contributed by atoms with E-state index in [2.05, 4.69) is 0 Å². The molecule has 1 aliphatic heterocycles. The maximum Gasteiger partial charge on any atom is 0.239 e. The highest BCUT2D eigenvalue weighted by molar-refractivity contribution is 5.81. The number of piperidine rings is 1. The summed E-state index contributed by atoms with van der Waals surface area (Å²) in [7, 11) is 3.39. The van der Waals surface area contributed by atoms with Gasteiger partial charge in [0.25, 0.3) is 0 Å². The Hall–Kier alpha value is -0.650. The lowest BCUT2D eigenvalue weighted by molar-refractivity contribution is -0.134. The zero-order valence-electron chi connectivity index (χ0n) is 11.6. The molecule has 1 atom stereocenters. The van der Waals surface area contributed by atoms with E-state index in [4.69, 9.17) is 15.2 Å². The van der Waals surface area contributed by atoms with E-state index in [1.807, 2.05) is 4.90 Å². The summed E-state index contributed by atoms with van der Waals surface area (Å²) in [6, 6.07) is -0.376. The standard InChI is InChI=1S/C13H26N2O3/c1-17-9-3-4-12(14)13(16)15-7-5-11(6-8-15)10-18-2/h11-12H,3-10,14H2,1-2H3. The number of likely N-dealkylation sites (tertiary alicyclic amines) is 1. The van der Waals surface area contributed by atoms with Crippen molar-refractivity contribution >= 4 is 5.91 Å². The van der Waals surface area contributed by atoms with Gasteiger partial charge in [-0.1, -0.05) is 0 Å². The zero-order valence-corrected chi connectivity index (χ0v) is 11.6. The molecule has 106 valence electrons. The molecule has 1 fully saturated rings. The summed E-state index contributed by atoms with van der Waals surface area (Å²) >= 11 is 0. The van der Waals surface area contributed by atoms with E-state index in [1.54, 1.807) is 14.2 Å². The van der Waals surface area contributed by atoms with Gasteiger partial charge in [-0.15, -0.1) is 0 Å². The van der Waals surface area contributed by atoms with Crippen LogP contribution in [0.1, 0.15) is 25.7 Å². The second-order valence-electron chi connectivity index (χ2n) is 4.97. The van der Waals surface area contributed by atoms with Crippen molar-refractivity contribution in [2.75, 3.05) is 40.5 Å². The molecular weight excluding hydrogens is 232 g/mol. The number of carbonyl (C=O) groups excluding carboxylic acids is 1. The van der Waals surface area contributed by atoms with E-state index in [0.29, 0.717) is 18.9 Å². The number of amides is 1. The number of ether oxygens (including phenoxy) is 2. The van der Waals surface area contributed by atoms with E-state index in [-0.39, 0.29) is 11.9 Å². The first kappa shape index (κ1) is 15.4. The summed E-state index contributed by atoms with van der Waals surface area (Å²) in [6.45, 7) is 3.08. The molecule has 1 aliphatic rings. The van der Waals surface area contributed by atoms with Gasteiger partial charge < -0.3 is 20.1 Å². The molecule has 2 N–H and O–H groups in total. The topological polar surface area (TPSA) is 64.8 Å². The monoisotopic (exact) mass is 258 g/mol. The average molecular weight is 258 g/mol. The van der Waals surface area contributed by atoms with Crippen LogP contribution in [0.15, 0.2) is 0 Å². The second-order valence-corrected chi connectivity index (χ2v) is 4.97. The van der Waals surface area contributed by atoms with Crippen molar-refractivity contribution < 1.29 is 14.3 Å². The Kier molecular flexibility index (Phi) is 7.23. The minimum Gasteiger partial charge on any atom is -0.385 e. The lowest BCUT2D eigenvalue weighted by atomic mass is 9.97. The largest absolute Gasteiger partial charge is 0.385 e. The van der Waals surface area contributed by atoms with E-state index in [9.17, 15) is 4.79 Å². The Morgan fingerprint density at radius 3 is 2.56 bits per heavy atom. The van der Waals surface area contributed by atoms with Crippen LogP contribution in [0.25, 0.3) is 0 Å². The van der Waals surface area contributed by atoms with Gasteiger partial charge in [0.05, 0.1) is 6.04 Å². The van der Waals surface area contributed by atoms with E-state index < -0.39 is 0 Å². The summed E-state index contributed by atoms with van der Waals surface area (Å²) in [4.78, 5) is 14.0. The van der Waals surface area contributed by atoms with E-state index >= 15 is 0 Å². The molecule has 5 heteroatoms. The first-order valence-corrected chi connectivity index (χ1v) is 6.71. The van der Waals surface area contributed by atoms with Crippen molar-refractivity contribution in [3.63, 3.8) is 0 Å². The van der Waals surface area contributed by atoms with Crippen molar-refractivity contribution in [3.05, 3.63) is 0 Å². The van der Waals surface area contributed by atoms with Crippen LogP contribution in [0.2, 0.25) is 0 Å². The van der Waals surface area contributed by atoms with Gasteiger partial charge in [-0.05, 0) is 31.6 Å². The Morgan fingerprint density at radius 2 is 2.00 bits per heavy atom. The van der Waals surface area contributed by atoms with Crippen molar-refractivity contribution in [1.82, 2.24) is 4.90 Å². The van der Waals surface area contributed by atoms with Crippen LogP contribution in [0.5, 0.6) is 0 Å². The van der Waals surface area contributed by atoms with Gasteiger partial charge in [0, 0.05) is 40.5 Å². The highest BCUT2D eigenvalue weighted by Crippen LogP contribution is 2.18. The normalized spacial score (nSPS) is 18.9. The number of hydrogen-bond donors (Lipinski definition) is 1. The fraction of sp³-hybridized carbons (Fsp3) is 0.923. The molecule has 0 aromatic heterocycles. The maximum atomic E-state index is 12.1. The molecule has 1 rings (SSSR count). The van der Waals surface area contributed by atoms with Gasteiger partial charge in [0.1, 0.15) is 0 Å². The smallest absolute Gasteiger partial charge is 0.239 e. The maximum absolute atomic E-state index is 12.1. The Morgan fingerprint density at radius 1 is 1.33 bits per heavy atom. The second kappa shape index (κ2) is 8.45. The third-order valence-corrected chi connectivity index (χ3v) is 3.51. The SMILES string of the molecule is COCCCC(N)C(=O)N1CCC(COC)CC1. The molecule has 0 bridgehead atoms. The Labute approximate surface area is 110 Å². The molecule has 0 saturated carbocycles. The third-order valence-electron chi connectivity index (χ3n) is 3.51. The van der Waals surface area contributed by atoms with Crippen LogP contribution in [-0.4, -0.2) is 57.4 Å². The minimum absolute atomic E-state index is 0.0852. The van der Waals surface area contributed by atoms with Crippen molar-refractivity contribution in [2.24, 2.45) is 11.7 Å². The van der Waals surface area contributed by atoms with E-state index in [1.165, 1.54) is 0 Å². The highest BCUT2D eigenvalue weighted by Gasteiger charge is 2.25. The lowest BCUT2D eigenvalue weighted by Crippen LogP contribution is -2.47. The Balaban J connectivity index is 2.26. The quantitative estimate of drug-likeness (QED) is 0.680. The molecule has 0 radical (unpaired) electrons. The zero-order chi connectivity index (χ0) is 13.4.